The number of aromatic amines is 1. The van der Waals surface area contributed by atoms with Crippen LogP contribution in [-0.4, -0.2) is 22.1 Å². The Morgan fingerprint density at radius 3 is 2.71 bits per heavy atom. The van der Waals surface area contributed by atoms with Crippen molar-refractivity contribution >= 4 is 11.0 Å². The first-order valence-electron chi connectivity index (χ1n) is 7.49. The Bertz CT molecular complexity index is 1030. The van der Waals surface area contributed by atoms with Crippen molar-refractivity contribution in [3.05, 3.63) is 67.0 Å². The van der Waals surface area contributed by atoms with Crippen LogP contribution in [0.25, 0.3) is 33.3 Å². The van der Waals surface area contributed by atoms with Gasteiger partial charge in [-0.3, -0.25) is 0 Å². The summed E-state index contributed by atoms with van der Waals surface area (Å²) in [5.74, 6) is 0.283. The summed E-state index contributed by atoms with van der Waals surface area (Å²) < 4.78 is 18.9. The number of aromatic nitrogens is 3. The van der Waals surface area contributed by atoms with Crippen LogP contribution in [0.4, 0.5) is 4.39 Å². The topological polar surface area (TPSA) is 50.8 Å². The summed E-state index contributed by atoms with van der Waals surface area (Å²) in [6.45, 7) is 0. The lowest BCUT2D eigenvalue weighted by atomic mass is 10.0. The molecule has 3 aromatic heterocycles. The number of pyridine rings is 2. The second-order valence-electron chi connectivity index (χ2n) is 5.39. The SMILES string of the molecule is COc1ccccc1-c1c[nH]c2ncc(-c3ccnc(F)c3)cc12. The molecule has 24 heavy (non-hydrogen) atoms. The summed E-state index contributed by atoms with van der Waals surface area (Å²) in [5, 5.41) is 0.953. The summed E-state index contributed by atoms with van der Waals surface area (Å²) in [6.07, 6.45) is 5.08. The van der Waals surface area contributed by atoms with Crippen LogP contribution in [0, 0.1) is 5.95 Å². The van der Waals surface area contributed by atoms with E-state index in [0.717, 1.165) is 39.0 Å². The fourth-order valence-corrected chi connectivity index (χ4v) is 2.83. The molecule has 0 saturated heterocycles. The van der Waals surface area contributed by atoms with E-state index in [1.165, 1.54) is 12.3 Å². The number of nitrogens with one attached hydrogen (secondary N) is 1. The minimum absolute atomic E-state index is 0.508. The standard InChI is InChI=1S/C19H14FN3O/c1-24-17-5-3-2-4-14(17)16-11-23-19-15(16)8-13(10-22-19)12-6-7-21-18(20)9-12/h2-11H,1H3,(H,22,23). The van der Waals surface area contributed by atoms with Crippen molar-refractivity contribution in [3.8, 4) is 28.0 Å². The Balaban J connectivity index is 1.91. The van der Waals surface area contributed by atoms with Gasteiger partial charge in [-0.25, -0.2) is 9.97 Å². The number of nitrogens with zero attached hydrogens (tertiary/aromatic N) is 2. The van der Waals surface area contributed by atoms with E-state index in [1.807, 2.05) is 36.5 Å². The maximum Gasteiger partial charge on any atom is 0.213 e. The van der Waals surface area contributed by atoms with Crippen LogP contribution in [0.2, 0.25) is 0 Å². The molecule has 0 atom stereocenters. The van der Waals surface area contributed by atoms with Crippen LogP contribution in [-0.2, 0) is 0 Å². The van der Waals surface area contributed by atoms with Gasteiger partial charge in [0.2, 0.25) is 5.95 Å². The number of methoxy groups -OCH3 is 1. The van der Waals surface area contributed by atoms with Gasteiger partial charge in [0.05, 0.1) is 7.11 Å². The van der Waals surface area contributed by atoms with Gasteiger partial charge in [0.15, 0.2) is 0 Å². The molecular weight excluding hydrogens is 305 g/mol. The van der Waals surface area contributed by atoms with E-state index in [1.54, 1.807) is 19.4 Å². The normalized spacial score (nSPS) is 10.9. The average Bonchev–Trinajstić information content (AvgIpc) is 3.04. The van der Waals surface area contributed by atoms with E-state index < -0.39 is 5.95 Å². The number of rotatable bonds is 3. The Hall–Kier alpha value is -3.21. The zero-order chi connectivity index (χ0) is 16.5. The second-order valence-corrected chi connectivity index (χ2v) is 5.39. The van der Waals surface area contributed by atoms with Gasteiger partial charge in [-0.15, -0.1) is 0 Å². The van der Waals surface area contributed by atoms with E-state index in [-0.39, 0.29) is 0 Å². The predicted octanol–water partition coefficient (Wildman–Crippen LogP) is 4.44. The second kappa shape index (κ2) is 5.77. The molecule has 118 valence electrons. The summed E-state index contributed by atoms with van der Waals surface area (Å²) >= 11 is 0. The van der Waals surface area contributed by atoms with E-state index in [0.29, 0.717) is 0 Å². The van der Waals surface area contributed by atoms with Crippen LogP contribution in [0.3, 0.4) is 0 Å². The number of halogens is 1. The van der Waals surface area contributed by atoms with Gasteiger partial charge >= 0.3 is 0 Å². The molecule has 5 heteroatoms. The highest BCUT2D eigenvalue weighted by Crippen LogP contribution is 2.35. The third kappa shape index (κ3) is 2.40. The van der Waals surface area contributed by atoms with Crippen molar-refractivity contribution in [3.63, 3.8) is 0 Å². The van der Waals surface area contributed by atoms with Crippen LogP contribution >= 0.6 is 0 Å². The van der Waals surface area contributed by atoms with E-state index in [2.05, 4.69) is 15.0 Å². The molecule has 4 rings (SSSR count). The third-order valence-corrected chi connectivity index (χ3v) is 3.99. The molecule has 0 spiro atoms. The predicted molar refractivity (Wildman–Crippen MR) is 91.3 cm³/mol. The monoisotopic (exact) mass is 319 g/mol. The molecule has 0 radical (unpaired) electrons. The lowest BCUT2D eigenvalue weighted by Gasteiger charge is -2.07. The van der Waals surface area contributed by atoms with Gasteiger partial charge in [0, 0.05) is 46.7 Å². The lowest BCUT2D eigenvalue weighted by molar-refractivity contribution is 0.416. The number of fused-ring (bicyclic) bond motifs is 1. The molecule has 0 unspecified atom stereocenters. The smallest absolute Gasteiger partial charge is 0.213 e. The molecule has 0 saturated carbocycles. The van der Waals surface area contributed by atoms with Crippen molar-refractivity contribution in [2.45, 2.75) is 0 Å². The van der Waals surface area contributed by atoms with Crippen molar-refractivity contribution in [2.75, 3.05) is 7.11 Å². The zero-order valence-electron chi connectivity index (χ0n) is 13.0. The van der Waals surface area contributed by atoms with E-state index >= 15 is 0 Å². The quantitative estimate of drug-likeness (QED) is 0.568. The highest BCUT2D eigenvalue weighted by molar-refractivity contribution is 5.97. The molecule has 0 aliphatic rings. The molecular formula is C19H14FN3O. The molecule has 0 aliphatic carbocycles. The molecule has 0 fully saturated rings. The number of benzene rings is 1. The Morgan fingerprint density at radius 2 is 1.88 bits per heavy atom. The lowest BCUT2D eigenvalue weighted by Crippen LogP contribution is -1.88. The Morgan fingerprint density at radius 1 is 1.00 bits per heavy atom. The Kier molecular flexibility index (Phi) is 3.46. The largest absolute Gasteiger partial charge is 0.496 e. The number of hydrogen-bond donors (Lipinski definition) is 1. The number of ether oxygens (including phenoxy) is 1. The molecule has 1 aromatic carbocycles. The fourth-order valence-electron chi connectivity index (χ4n) is 2.83. The molecule has 4 nitrogen and oxygen atoms in total. The first-order chi connectivity index (χ1) is 11.8. The minimum atomic E-state index is -0.508. The summed E-state index contributed by atoms with van der Waals surface area (Å²) in [4.78, 5) is 11.2. The summed E-state index contributed by atoms with van der Waals surface area (Å²) in [7, 11) is 1.65. The van der Waals surface area contributed by atoms with Crippen molar-refractivity contribution < 1.29 is 9.13 Å². The van der Waals surface area contributed by atoms with Crippen molar-refractivity contribution in [1.29, 1.82) is 0 Å². The van der Waals surface area contributed by atoms with E-state index in [9.17, 15) is 4.39 Å². The van der Waals surface area contributed by atoms with Gasteiger partial charge in [0.1, 0.15) is 11.4 Å². The van der Waals surface area contributed by atoms with Crippen molar-refractivity contribution in [1.82, 2.24) is 15.0 Å². The average molecular weight is 319 g/mol. The third-order valence-electron chi connectivity index (χ3n) is 3.99. The molecule has 3 heterocycles. The van der Waals surface area contributed by atoms with Crippen LogP contribution in [0.1, 0.15) is 0 Å². The Labute approximate surface area is 138 Å². The maximum absolute atomic E-state index is 13.4. The van der Waals surface area contributed by atoms with Gasteiger partial charge in [-0.05, 0) is 23.8 Å². The van der Waals surface area contributed by atoms with Crippen LogP contribution in [0.15, 0.2) is 61.1 Å². The summed E-state index contributed by atoms with van der Waals surface area (Å²) in [6, 6.07) is 13.0. The van der Waals surface area contributed by atoms with Crippen molar-refractivity contribution in [2.24, 2.45) is 0 Å². The minimum Gasteiger partial charge on any atom is -0.496 e. The fraction of sp³-hybridized carbons (Fsp3) is 0.0526. The van der Waals surface area contributed by atoms with Gasteiger partial charge < -0.3 is 9.72 Å². The summed E-state index contributed by atoms with van der Waals surface area (Å²) in [5.41, 5.74) is 4.32. The number of hydrogen-bond acceptors (Lipinski definition) is 3. The number of H-pyrrole nitrogens is 1. The van der Waals surface area contributed by atoms with Gasteiger partial charge in [-0.2, -0.15) is 4.39 Å². The van der Waals surface area contributed by atoms with Gasteiger partial charge in [0.25, 0.3) is 0 Å². The molecule has 1 N–H and O–H groups in total. The first kappa shape index (κ1) is 14.4. The van der Waals surface area contributed by atoms with E-state index in [4.69, 9.17) is 4.74 Å². The van der Waals surface area contributed by atoms with Gasteiger partial charge in [-0.1, -0.05) is 18.2 Å². The van der Waals surface area contributed by atoms with Crippen LogP contribution < -0.4 is 4.74 Å². The molecule has 4 aromatic rings. The maximum atomic E-state index is 13.4. The first-order valence-corrected chi connectivity index (χ1v) is 7.49. The number of para-hydroxylation sites is 1. The molecule has 0 bridgehead atoms. The highest BCUT2D eigenvalue weighted by Gasteiger charge is 2.12. The highest BCUT2D eigenvalue weighted by atomic mass is 19.1. The molecule has 0 aliphatic heterocycles. The van der Waals surface area contributed by atoms with Crippen LogP contribution in [0.5, 0.6) is 5.75 Å². The zero-order valence-corrected chi connectivity index (χ0v) is 13.0. The molecule has 0 amide bonds.